The Morgan fingerprint density at radius 3 is 2.29 bits per heavy atom. The molecule has 0 atom stereocenters. The molecule has 1 aliphatic rings. The number of anilines is 1. The van der Waals surface area contributed by atoms with Crippen LogP contribution in [-0.4, -0.2) is 54.6 Å². The van der Waals surface area contributed by atoms with E-state index in [9.17, 15) is 14.4 Å². The summed E-state index contributed by atoms with van der Waals surface area (Å²) in [4.78, 5) is 39.2. The number of benzene rings is 2. The van der Waals surface area contributed by atoms with Crippen LogP contribution in [0.25, 0.3) is 0 Å². The molecule has 1 N–H and O–H groups in total. The number of aryl methyl sites for hydroxylation is 1. The molecule has 0 aliphatic heterocycles. The van der Waals surface area contributed by atoms with E-state index >= 15 is 0 Å². The van der Waals surface area contributed by atoms with Crippen molar-refractivity contribution in [1.29, 1.82) is 0 Å². The van der Waals surface area contributed by atoms with Gasteiger partial charge in [-0.2, -0.15) is 0 Å². The molecule has 1 saturated carbocycles. The summed E-state index contributed by atoms with van der Waals surface area (Å²) < 4.78 is 10.8. The maximum Gasteiger partial charge on any atom is 0.362 e. The first-order chi connectivity index (χ1) is 16.7. The van der Waals surface area contributed by atoms with Crippen molar-refractivity contribution in [3.63, 3.8) is 0 Å². The molecule has 0 unspecified atom stereocenters. The van der Waals surface area contributed by atoms with Crippen LogP contribution < -0.4 is 5.32 Å². The van der Waals surface area contributed by atoms with Gasteiger partial charge in [0.25, 0.3) is 5.91 Å². The van der Waals surface area contributed by atoms with Gasteiger partial charge < -0.3 is 19.3 Å². The molecule has 8 heteroatoms. The molecule has 35 heavy (non-hydrogen) atoms. The second-order valence-corrected chi connectivity index (χ2v) is 9.49. The number of carbonyl (C=O) groups is 3. The lowest BCUT2D eigenvalue weighted by atomic mass is 9.72. The lowest BCUT2D eigenvalue weighted by Crippen LogP contribution is -2.73. The van der Waals surface area contributed by atoms with Crippen LogP contribution in [0.1, 0.15) is 54.6 Å². The summed E-state index contributed by atoms with van der Waals surface area (Å²) in [5, 5.41) is 3.38. The predicted octanol–water partition coefficient (Wildman–Crippen LogP) is 4.90. The van der Waals surface area contributed by atoms with Crippen LogP contribution in [0.4, 0.5) is 5.69 Å². The van der Waals surface area contributed by atoms with E-state index in [4.69, 9.17) is 21.1 Å². The largest absolute Gasteiger partial charge is 0.465 e. The van der Waals surface area contributed by atoms with Crippen LogP contribution >= 0.6 is 11.6 Å². The molecule has 0 heterocycles. The fraction of sp³-hybridized carbons (Fsp3) is 0.444. The number of rotatable bonds is 10. The van der Waals surface area contributed by atoms with Crippen molar-refractivity contribution in [2.24, 2.45) is 0 Å². The molecule has 1 aliphatic carbocycles. The fourth-order valence-corrected chi connectivity index (χ4v) is 5.35. The molecule has 0 spiro atoms. The molecule has 0 radical (unpaired) electrons. The zero-order valence-electron chi connectivity index (χ0n) is 20.9. The second-order valence-electron chi connectivity index (χ2n) is 9.06. The molecule has 1 fully saturated rings. The Labute approximate surface area is 211 Å². The summed E-state index contributed by atoms with van der Waals surface area (Å²) in [6, 6.07) is 12.7. The highest BCUT2D eigenvalue weighted by atomic mass is 35.5. The molecule has 0 saturated heterocycles. The van der Waals surface area contributed by atoms with Crippen molar-refractivity contribution < 1.29 is 28.3 Å². The van der Waals surface area contributed by atoms with Crippen LogP contribution in [-0.2, 0) is 25.7 Å². The number of likely N-dealkylation sites (N-methyl/N-ethyl adjacent to an activating group) is 1. The van der Waals surface area contributed by atoms with E-state index in [2.05, 4.69) is 5.32 Å². The zero-order chi connectivity index (χ0) is 25.6. The van der Waals surface area contributed by atoms with Crippen LogP contribution in [0.15, 0.2) is 42.5 Å². The molecule has 1 amide bonds. The van der Waals surface area contributed by atoms with Gasteiger partial charge in [-0.15, -0.1) is 0 Å². The third kappa shape index (κ3) is 5.36. The van der Waals surface area contributed by atoms with Gasteiger partial charge in [-0.25, -0.2) is 9.59 Å². The van der Waals surface area contributed by atoms with Gasteiger partial charge in [0.05, 0.1) is 31.5 Å². The lowest BCUT2D eigenvalue weighted by molar-refractivity contribution is -0.963. The van der Waals surface area contributed by atoms with Gasteiger partial charge in [-0.1, -0.05) is 41.9 Å². The topological polar surface area (TPSA) is 81.7 Å². The summed E-state index contributed by atoms with van der Waals surface area (Å²) in [6.45, 7) is 7.24. The molecule has 0 bridgehead atoms. The number of ether oxygens (including phenoxy) is 2. The molecule has 2 aromatic rings. The van der Waals surface area contributed by atoms with E-state index in [1.54, 1.807) is 13.0 Å². The number of hydrogen-bond acceptors (Lipinski definition) is 5. The Kier molecular flexibility index (Phi) is 8.56. The van der Waals surface area contributed by atoms with Crippen molar-refractivity contribution in [3.05, 3.63) is 64.2 Å². The average Bonchev–Trinajstić information content (AvgIpc) is 2.82. The molecular weight excluding hydrogens is 468 g/mol. The quantitative estimate of drug-likeness (QED) is 0.370. The van der Waals surface area contributed by atoms with Crippen molar-refractivity contribution >= 4 is 35.1 Å². The highest BCUT2D eigenvalue weighted by molar-refractivity contribution is 6.31. The van der Waals surface area contributed by atoms with E-state index in [0.717, 1.165) is 12.0 Å². The van der Waals surface area contributed by atoms with E-state index in [0.29, 0.717) is 42.2 Å². The van der Waals surface area contributed by atoms with Gasteiger partial charge >= 0.3 is 11.9 Å². The maximum absolute atomic E-state index is 13.9. The normalized spacial score (nSPS) is 14.5. The number of halogens is 1. The third-order valence-electron chi connectivity index (χ3n) is 7.34. The number of hydrogen-bond donors (Lipinski definition) is 1. The van der Waals surface area contributed by atoms with E-state index in [1.165, 1.54) is 13.2 Å². The third-order valence-corrected chi connectivity index (χ3v) is 7.56. The van der Waals surface area contributed by atoms with E-state index < -0.39 is 11.5 Å². The predicted molar refractivity (Wildman–Crippen MR) is 135 cm³/mol. The van der Waals surface area contributed by atoms with Gasteiger partial charge in [-0.05, 0) is 50.5 Å². The fourth-order valence-electron chi connectivity index (χ4n) is 5.07. The van der Waals surface area contributed by atoms with Gasteiger partial charge in [-0.3, -0.25) is 4.79 Å². The Morgan fingerprint density at radius 2 is 1.74 bits per heavy atom. The number of nitrogens with zero attached hydrogens (tertiary/aromatic N) is 1. The zero-order valence-corrected chi connectivity index (χ0v) is 21.6. The smallest absolute Gasteiger partial charge is 0.362 e. The van der Waals surface area contributed by atoms with Crippen LogP contribution in [0, 0.1) is 6.92 Å². The molecule has 3 rings (SSSR count). The summed E-state index contributed by atoms with van der Waals surface area (Å²) >= 11 is 6.16. The maximum atomic E-state index is 13.9. The molecule has 0 aromatic heterocycles. The van der Waals surface area contributed by atoms with E-state index in [-0.39, 0.29) is 35.1 Å². The Balaban J connectivity index is 1.86. The highest BCUT2D eigenvalue weighted by Crippen LogP contribution is 2.44. The average molecular weight is 502 g/mol. The minimum Gasteiger partial charge on any atom is -0.465 e. The first-order valence-corrected chi connectivity index (χ1v) is 12.4. The van der Waals surface area contributed by atoms with Crippen LogP contribution in [0.5, 0.6) is 0 Å². The van der Waals surface area contributed by atoms with Gasteiger partial charge in [0, 0.05) is 17.9 Å². The van der Waals surface area contributed by atoms with Crippen molar-refractivity contribution in [1.82, 2.24) is 0 Å². The molecule has 188 valence electrons. The van der Waals surface area contributed by atoms with E-state index in [1.807, 2.05) is 44.2 Å². The first kappa shape index (κ1) is 26.7. The van der Waals surface area contributed by atoms with Gasteiger partial charge in [0.1, 0.15) is 6.61 Å². The summed E-state index contributed by atoms with van der Waals surface area (Å²) in [5.41, 5.74) is 1.36. The number of esters is 2. The van der Waals surface area contributed by atoms with Crippen LogP contribution in [0.3, 0.4) is 0 Å². The monoisotopic (exact) mass is 501 g/mol. The Bertz CT molecular complexity index is 1080. The van der Waals surface area contributed by atoms with Gasteiger partial charge in [0.15, 0.2) is 12.1 Å². The lowest BCUT2D eigenvalue weighted by Gasteiger charge is -2.55. The number of quaternary nitrogens is 1. The summed E-state index contributed by atoms with van der Waals surface area (Å²) in [7, 11) is 1.29. The number of methoxy groups -OCH3 is 1. The Hall–Kier alpha value is -2.90. The SMILES string of the molecule is CC[N+](CC)(CC(=O)OCc1ccccc1)C1(C(=O)Nc2c(C)cc(Cl)cc2C(=O)OC)CCC1. The molecule has 2 aromatic carbocycles. The molecule has 7 nitrogen and oxygen atoms in total. The van der Waals surface area contributed by atoms with Crippen molar-refractivity contribution in [2.75, 3.05) is 32.1 Å². The minimum atomic E-state index is -0.797. The standard InChI is InChI=1S/C27H33ClN2O5/c1-5-30(6-2,17-23(31)35-18-20-11-8-7-9-12-20)27(13-10-14-27)26(33)29-24-19(3)15-21(28)16-22(24)25(32)34-4/h7-9,11-12,15-16H,5-6,10,13-14,17-18H2,1-4H3/p+1. The summed E-state index contributed by atoms with van der Waals surface area (Å²) in [6.07, 6.45) is 2.18. The molecular formula is C27H34ClN2O5+. The minimum absolute atomic E-state index is 0.0940. The first-order valence-electron chi connectivity index (χ1n) is 12.0. The second kappa shape index (κ2) is 11.2. The number of carbonyl (C=O) groups excluding carboxylic acids is 3. The van der Waals surface area contributed by atoms with Gasteiger partial charge in [0.2, 0.25) is 0 Å². The van der Waals surface area contributed by atoms with Crippen molar-refractivity contribution in [3.8, 4) is 0 Å². The summed E-state index contributed by atoms with van der Waals surface area (Å²) in [5.74, 6) is -1.13. The number of amides is 1. The van der Waals surface area contributed by atoms with Crippen molar-refractivity contribution in [2.45, 2.75) is 52.2 Å². The Morgan fingerprint density at radius 1 is 1.09 bits per heavy atom. The highest BCUT2D eigenvalue weighted by Gasteiger charge is 2.60. The number of nitrogens with one attached hydrogen (secondary N) is 1. The van der Waals surface area contributed by atoms with Crippen LogP contribution in [0.2, 0.25) is 5.02 Å².